The molecule has 1 aliphatic heterocycles. The van der Waals surface area contributed by atoms with Crippen molar-refractivity contribution in [3.05, 3.63) is 71.4 Å². The number of nitrogens with one attached hydrogen (secondary N) is 2. The van der Waals surface area contributed by atoms with Gasteiger partial charge in [-0.2, -0.15) is 0 Å². The lowest BCUT2D eigenvalue weighted by atomic mass is 9.75. The van der Waals surface area contributed by atoms with Gasteiger partial charge in [-0.25, -0.2) is 13.8 Å². The Labute approximate surface area is 179 Å². The van der Waals surface area contributed by atoms with Crippen molar-refractivity contribution in [3.8, 4) is 0 Å². The third-order valence-corrected chi connectivity index (χ3v) is 6.96. The number of allylic oxidation sites excluding steroid dienone is 2. The fourth-order valence-corrected chi connectivity index (χ4v) is 5.42. The van der Waals surface area contributed by atoms with Gasteiger partial charge in [0.15, 0.2) is 0 Å². The first kappa shape index (κ1) is 20.0. The summed E-state index contributed by atoms with van der Waals surface area (Å²) in [4.78, 5) is 6.65. The third kappa shape index (κ3) is 3.28. The molecule has 1 saturated heterocycles. The van der Waals surface area contributed by atoms with E-state index in [2.05, 4.69) is 9.88 Å². The van der Waals surface area contributed by atoms with Crippen LogP contribution in [0.1, 0.15) is 24.8 Å². The van der Waals surface area contributed by atoms with Gasteiger partial charge in [0, 0.05) is 30.4 Å². The Bertz CT molecular complexity index is 1050. The normalized spacial score (nSPS) is 29.0. The number of hydrogen-bond donors (Lipinski definition) is 2. The minimum Gasteiger partial charge on any atom is -0.374 e. The molecule has 5 rings (SSSR count). The van der Waals surface area contributed by atoms with Crippen molar-refractivity contribution in [3.63, 3.8) is 0 Å². The second kappa shape index (κ2) is 7.64. The van der Waals surface area contributed by atoms with Gasteiger partial charge in [0.2, 0.25) is 0 Å². The van der Waals surface area contributed by atoms with Crippen molar-refractivity contribution in [1.29, 1.82) is 10.8 Å². The van der Waals surface area contributed by atoms with E-state index in [1.54, 1.807) is 6.20 Å². The Morgan fingerprint density at radius 1 is 1.19 bits per heavy atom. The highest BCUT2D eigenvalue weighted by Gasteiger charge is 2.57. The first-order chi connectivity index (χ1) is 15.0. The number of benzene rings is 1. The summed E-state index contributed by atoms with van der Waals surface area (Å²) in [7, 11) is 0. The lowest BCUT2D eigenvalue weighted by Gasteiger charge is -2.43. The quantitative estimate of drug-likeness (QED) is 0.719. The number of aromatic nitrogens is 1. The summed E-state index contributed by atoms with van der Waals surface area (Å²) in [6.45, 7) is 1.97. The van der Waals surface area contributed by atoms with E-state index in [9.17, 15) is 8.78 Å². The van der Waals surface area contributed by atoms with Crippen LogP contribution in [0, 0.1) is 33.8 Å². The zero-order valence-corrected chi connectivity index (χ0v) is 17.1. The number of fused-ring (bicyclic) bond motifs is 2. The van der Waals surface area contributed by atoms with Gasteiger partial charge in [-0.3, -0.25) is 0 Å². The zero-order chi connectivity index (χ0) is 21.6. The van der Waals surface area contributed by atoms with Crippen LogP contribution in [0.25, 0.3) is 0 Å². The van der Waals surface area contributed by atoms with Gasteiger partial charge in [0.1, 0.15) is 17.5 Å². The van der Waals surface area contributed by atoms with Gasteiger partial charge in [-0.15, -0.1) is 0 Å². The third-order valence-electron chi connectivity index (χ3n) is 6.96. The lowest BCUT2D eigenvalue weighted by Crippen LogP contribution is -2.52. The molecule has 3 fully saturated rings. The molecular formula is C24H24F2N4O. The van der Waals surface area contributed by atoms with E-state index in [4.69, 9.17) is 15.6 Å². The second-order valence-electron chi connectivity index (χ2n) is 8.57. The van der Waals surface area contributed by atoms with E-state index < -0.39 is 17.0 Å². The summed E-state index contributed by atoms with van der Waals surface area (Å²) in [5.74, 6) is -0.490. The van der Waals surface area contributed by atoms with Crippen LogP contribution in [0.5, 0.6) is 0 Å². The minimum absolute atomic E-state index is 0.122. The van der Waals surface area contributed by atoms with E-state index in [1.807, 2.05) is 18.2 Å². The van der Waals surface area contributed by atoms with Crippen LogP contribution in [0.3, 0.4) is 0 Å². The van der Waals surface area contributed by atoms with Crippen molar-refractivity contribution >= 4 is 17.2 Å². The molecule has 1 aromatic carbocycles. The van der Waals surface area contributed by atoms with E-state index in [0.717, 1.165) is 49.3 Å². The minimum atomic E-state index is -0.757. The fraction of sp³-hybridized carbons (Fsp3) is 0.375. The maximum absolute atomic E-state index is 14.1. The zero-order valence-electron chi connectivity index (χ0n) is 17.1. The van der Waals surface area contributed by atoms with Gasteiger partial charge >= 0.3 is 0 Å². The van der Waals surface area contributed by atoms with E-state index >= 15 is 0 Å². The van der Waals surface area contributed by atoms with Gasteiger partial charge in [0.05, 0.1) is 24.0 Å². The summed E-state index contributed by atoms with van der Waals surface area (Å²) in [5, 5.41) is 17.2. The number of ether oxygens (including phenoxy) is 1. The van der Waals surface area contributed by atoms with E-state index in [1.165, 1.54) is 12.1 Å². The highest BCUT2D eigenvalue weighted by atomic mass is 19.1. The van der Waals surface area contributed by atoms with Gasteiger partial charge in [-0.1, -0.05) is 12.1 Å². The Hall–Kier alpha value is -2.93. The van der Waals surface area contributed by atoms with Gasteiger partial charge < -0.3 is 20.5 Å². The molecule has 1 aromatic heterocycles. The summed E-state index contributed by atoms with van der Waals surface area (Å²) >= 11 is 0. The first-order valence-corrected chi connectivity index (χ1v) is 10.6. The average molecular weight is 422 g/mol. The predicted molar refractivity (Wildman–Crippen MR) is 115 cm³/mol. The van der Waals surface area contributed by atoms with Gasteiger partial charge in [0.25, 0.3) is 0 Å². The number of nitrogens with zero attached hydrogens (tertiary/aromatic N) is 2. The molecule has 0 unspecified atom stereocenters. The average Bonchev–Trinajstić information content (AvgIpc) is 3.33. The monoisotopic (exact) mass is 422 g/mol. The summed E-state index contributed by atoms with van der Waals surface area (Å²) < 4.78 is 34.4. The Morgan fingerprint density at radius 3 is 2.74 bits per heavy atom. The first-order valence-electron chi connectivity index (χ1n) is 10.6. The molecule has 2 N–H and O–H groups in total. The molecular weight excluding hydrogens is 398 g/mol. The summed E-state index contributed by atoms with van der Waals surface area (Å²) in [6, 6.07) is 9.42. The van der Waals surface area contributed by atoms with Crippen molar-refractivity contribution in [2.45, 2.75) is 25.4 Å². The number of halogens is 2. The molecule has 0 radical (unpaired) electrons. The summed E-state index contributed by atoms with van der Waals surface area (Å²) in [6.07, 6.45) is 5.65. The molecule has 0 amide bonds. The second-order valence-corrected chi connectivity index (χ2v) is 8.57. The molecule has 2 saturated carbocycles. The number of morpholine rings is 1. The molecule has 2 bridgehead atoms. The topological polar surface area (TPSA) is 73.1 Å². The summed E-state index contributed by atoms with van der Waals surface area (Å²) in [5.41, 5.74) is 0.195. The lowest BCUT2D eigenvalue weighted by molar-refractivity contribution is -0.0173. The SMILES string of the molecule is N=C(/C=C1\C(=N)[C@@]2([C@@H]3CN(c4ccccn4)CCO3)CC[C@@H]1C2)c1c(F)cccc1F. The van der Waals surface area contributed by atoms with Crippen molar-refractivity contribution < 1.29 is 13.5 Å². The Morgan fingerprint density at radius 2 is 2.00 bits per heavy atom. The van der Waals surface area contributed by atoms with E-state index in [0.29, 0.717) is 18.9 Å². The van der Waals surface area contributed by atoms with Crippen LogP contribution in [-0.2, 0) is 4.74 Å². The number of hydrogen-bond acceptors (Lipinski definition) is 5. The van der Waals surface area contributed by atoms with Crippen LogP contribution in [0.15, 0.2) is 54.2 Å². The highest BCUT2D eigenvalue weighted by molar-refractivity contribution is 6.15. The van der Waals surface area contributed by atoms with Crippen LogP contribution in [-0.4, -0.2) is 42.2 Å². The number of pyridine rings is 1. The van der Waals surface area contributed by atoms with Crippen molar-refractivity contribution in [1.82, 2.24) is 4.98 Å². The maximum Gasteiger partial charge on any atom is 0.135 e. The van der Waals surface area contributed by atoms with Crippen molar-refractivity contribution in [2.24, 2.45) is 11.3 Å². The van der Waals surface area contributed by atoms with Crippen LogP contribution in [0.2, 0.25) is 0 Å². The Balaban J connectivity index is 1.41. The molecule has 3 atom stereocenters. The maximum atomic E-state index is 14.1. The van der Waals surface area contributed by atoms with Gasteiger partial charge in [-0.05, 0) is 61.1 Å². The van der Waals surface area contributed by atoms with Crippen LogP contribution < -0.4 is 4.90 Å². The highest BCUT2D eigenvalue weighted by Crippen LogP contribution is 2.57. The van der Waals surface area contributed by atoms with E-state index in [-0.39, 0.29) is 23.3 Å². The fourth-order valence-electron chi connectivity index (χ4n) is 5.42. The number of anilines is 1. The van der Waals surface area contributed by atoms with Crippen LogP contribution in [0.4, 0.5) is 14.6 Å². The molecule has 2 heterocycles. The molecule has 3 aliphatic rings. The predicted octanol–water partition coefficient (Wildman–Crippen LogP) is 4.38. The molecule has 5 nitrogen and oxygen atoms in total. The number of rotatable bonds is 4. The van der Waals surface area contributed by atoms with Crippen LogP contribution >= 0.6 is 0 Å². The molecule has 2 aromatic rings. The molecule has 160 valence electrons. The molecule has 31 heavy (non-hydrogen) atoms. The standard InChI is InChI=1S/C24H24F2N4O/c25-17-4-3-5-18(26)22(17)19(27)12-16-15-7-8-24(13-15,23(16)28)20-14-30(10-11-31-20)21-6-1-2-9-29-21/h1-6,9,12,15,20,27-28H,7-8,10-11,13-14H2/b16-12-,27-19?,28-23?/t15-,20+,24+/m1/s1. The molecule has 7 heteroatoms. The Kier molecular flexibility index (Phi) is 4.93. The smallest absolute Gasteiger partial charge is 0.135 e. The molecule has 0 spiro atoms. The largest absolute Gasteiger partial charge is 0.374 e. The van der Waals surface area contributed by atoms with Crippen molar-refractivity contribution in [2.75, 3.05) is 24.6 Å². The molecule has 2 aliphatic carbocycles.